The Balaban J connectivity index is 2.79. The van der Waals surface area contributed by atoms with Gasteiger partial charge < -0.3 is 5.73 Å². The van der Waals surface area contributed by atoms with Crippen LogP contribution < -0.4 is 5.73 Å². The molecule has 0 fully saturated rings. The summed E-state index contributed by atoms with van der Waals surface area (Å²) < 4.78 is 0. The highest BCUT2D eigenvalue weighted by molar-refractivity contribution is 6.42. The average molecular weight is 216 g/mol. The molecule has 0 radical (unpaired) electrons. The van der Waals surface area contributed by atoms with Gasteiger partial charge in [-0.05, 0) is 24.1 Å². The molecule has 1 atom stereocenters. The number of nitrogens with two attached hydrogens (primary N) is 1. The van der Waals surface area contributed by atoms with E-state index < -0.39 is 0 Å². The van der Waals surface area contributed by atoms with Gasteiger partial charge >= 0.3 is 0 Å². The Hall–Kier alpha value is -0.500. The third-order valence-electron chi connectivity index (χ3n) is 1.76. The van der Waals surface area contributed by atoms with Gasteiger partial charge in [-0.3, -0.25) is 0 Å². The van der Waals surface area contributed by atoms with Gasteiger partial charge in [-0.2, -0.15) is 0 Å². The highest BCUT2D eigenvalue weighted by Crippen LogP contribution is 2.22. The second-order valence-corrected chi connectivity index (χ2v) is 3.67. The summed E-state index contributed by atoms with van der Waals surface area (Å²) in [6.45, 7) is 3.61. The summed E-state index contributed by atoms with van der Waals surface area (Å²) in [4.78, 5) is 0. The van der Waals surface area contributed by atoms with Crippen molar-refractivity contribution in [3.8, 4) is 0 Å². The Bertz CT molecular complexity index is 310. The van der Waals surface area contributed by atoms with Crippen molar-refractivity contribution in [3.63, 3.8) is 0 Å². The summed E-state index contributed by atoms with van der Waals surface area (Å²) in [7, 11) is 0. The molecule has 0 spiro atoms. The highest BCUT2D eigenvalue weighted by Gasteiger charge is 2.02. The van der Waals surface area contributed by atoms with E-state index in [4.69, 9.17) is 28.9 Å². The van der Waals surface area contributed by atoms with Gasteiger partial charge in [-0.1, -0.05) is 35.3 Å². The lowest BCUT2D eigenvalue weighted by molar-refractivity contribution is 0.812. The summed E-state index contributed by atoms with van der Waals surface area (Å²) in [6, 6.07) is 5.48. The second kappa shape index (κ2) is 4.66. The van der Waals surface area contributed by atoms with E-state index in [1.54, 1.807) is 12.1 Å². The van der Waals surface area contributed by atoms with E-state index in [9.17, 15) is 0 Å². The highest BCUT2D eigenvalue weighted by atomic mass is 35.5. The number of benzene rings is 1. The first-order chi connectivity index (χ1) is 6.13. The molecule has 1 aromatic rings. The van der Waals surface area contributed by atoms with Crippen molar-refractivity contribution in [3.05, 3.63) is 46.5 Å². The third kappa shape index (κ3) is 3.03. The fourth-order valence-electron chi connectivity index (χ4n) is 1.02. The van der Waals surface area contributed by atoms with E-state index in [2.05, 4.69) is 6.58 Å². The van der Waals surface area contributed by atoms with Crippen LogP contribution in [0.25, 0.3) is 0 Å². The predicted octanol–water partition coefficient (Wildman–Crippen LogP) is 3.05. The second-order valence-electron chi connectivity index (χ2n) is 2.85. The molecule has 3 heteroatoms. The van der Waals surface area contributed by atoms with Gasteiger partial charge in [0.25, 0.3) is 0 Å². The number of hydrogen-bond donors (Lipinski definition) is 1. The van der Waals surface area contributed by atoms with Gasteiger partial charge in [0.1, 0.15) is 0 Å². The zero-order chi connectivity index (χ0) is 9.84. The number of hydrogen-bond acceptors (Lipinski definition) is 1. The first-order valence-corrected chi connectivity index (χ1v) is 4.71. The number of rotatable bonds is 3. The lowest BCUT2D eigenvalue weighted by atomic mass is 10.1. The molecule has 0 amide bonds. The van der Waals surface area contributed by atoms with Gasteiger partial charge in [0.2, 0.25) is 0 Å². The average Bonchev–Trinajstić information content (AvgIpc) is 2.11. The molecule has 0 aliphatic carbocycles. The molecule has 1 unspecified atom stereocenters. The minimum Gasteiger partial charge on any atom is -0.324 e. The maximum absolute atomic E-state index is 5.84. The van der Waals surface area contributed by atoms with Crippen LogP contribution in [0.5, 0.6) is 0 Å². The smallest absolute Gasteiger partial charge is 0.0595 e. The van der Waals surface area contributed by atoms with Crippen LogP contribution in [0.15, 0.2) is 30.9 Å². The first kappa shape index (κ1) is 10.6. The van der Waals surface area contributed by atoms with Gasteiger partial charge in [0.15, 0.2) is 0 Å². The molecule has 0 aliphatic rings. The van der Waals surface area contributed by atoms with Crippen LogP contribution in [0.4, 0.5) is 0 Å². The zero-order valence-corrected chi connectivity index (χ0v) is 8.65. The van der Waals surface area contributed by atoms with Crippen molar-refractivity contribution >= 4 is 23.2 Å². The summed E-state index contributed by atoms with van der Waals surface area (Å²) >= 11 is 11.6. The van der Waals surface area contributed by atoms with Crippen molar-refractivity contribution in [1.29, 1.82) is 0 Å². The fraction of sp³-hybridized carbons (Fsp3) is 0.200. The van der Waals surface area contributed by atoms with Crippen molar-refractivity contribution in [2.45, 2.75) is 12.5 Å². The molecule has 13 heavy (non-hydrogen) atoms. The van der Waals surface area contributed by atoms with Gasteiger partial charge in [0.05, 0.1) is 10.0 Å². The van der Waals surface area contributed by atoms with Crippen molar-refractivity contribution in [2.24, 2.45) is 5.73 Å². The van der Waals surface area contributed by atoms with E-state index in [1.165, 1.54) is 0 Å². The van der Waals surface area contributed by atoms with E-state index >= 15 is 0 Å². The molecule has 1 aromatic carbocycles. The van der Waals surface area contributed by atoms with E-state index in [0.29, 0.717) is 10.0 Å². The van der Waals surface area contributed by atoms with Gasteiger partial charge in [0, 0.05) is 6.04 Å². The van der Waals surface area contributed by atoms with Crippen LogP contribution >= 0.6 is 23.2 Å². The molecular formula is C10H11Cl2N. The van der Waals surface area contributed by atoms with E-state index in [-0.39, 0.29) is 6.04 Å². The van der Waals surface area contributed by atoms with Crippen LogP contribution in [-0.2, 0) is 6.42 Å². The maximum atomic E-state index is 5.84. The summed E-state index contributed by atoms with van der Waals surface area (Å²) in [6.07, 6.45) is 2.45. The lowest BCUT2D eigenvalue weighted by Gasteiger charge is -2.06. The van der Waals surface area contributed by atoms with Crippen molar-refractivity contribution < 1.29 is 0 Å². The molecule has 1 nitrogen and oxygen atoms in total. The van der Waals surface area contributed by atoms with Crippen LogP contribution in [0.1, 0.15) is 5.56 Å². The lowest BCUT2D eigenvalue weighted by Crippen LogP contribution is -2.19. The van der Waals surface area contributed by atoms with Gasteiger partial charge in [-0.25, -0.2) is 0 Å². The van der Waals surface area contributed by atoms with E-state index in [0.717, 1.165) is 12.0 Å². The van der Waals surface area contributed by atoms with Crippen LogP contribution in [0, 0.1) is 0 Å². The molecule has 0 saturated carbocycles. The molecule has 0 saturated heterocycles. The monoisotopic (exact) mass is 215 g/mol. The molecule has 0 aromatic heterocycles. The molecule has 0 heterocycles. The van der Waals surface area contributed by atoms with E-state index in [1.807, 2.05) is 12.1 Å². The quantitative estimate of drug-likeness (QED) is 0.772. The SMILES string of the molecule is C=CC(N)Cc1ccc(Cl)c(Cl)c1. The Morgan fingerprint density at radius 1 is 1.38 bits per heavy atom. The Labute approximate surface area is 88.1 Å². The largest absolute Gasteiger partial charge is 0.324 e. The third-order valence-corrected chi connectivity index (χ3v) is 2.50. The van der Waals surface area contributed by atoms with Crippen LogP contribution in [-0.4, -0.2) is 6.04 Å². The summed E-state index contributed by atoms with van der Waals surface area (Å²) in [5.74, 6) is 0. The Kier molecular flexibility index (Phi) is 3.79. The molecular weight excluding hydrogens is 205 g/mol. The topological polar surface area (TPSA) is 26.0 Å². The van der Waals surface area contributed by atoms with Crippen molar-refractivity contribution in [2.75, 3.05) is 0 Å². The van der Waals surface area contributed by atoms with Gasteiger partial charge in [-0.15, -0.1) is 6.58 Å². The Morgan fingerprint density at radius 3 is 2.62 bits per heavy atom. The molecule has 1 rings (SSSR count). The minimum atomic E-state index is -0.0303. The first-order valence-electron chi connectivity index (χ1n) is 3.95. The van der Waals surface area contributed by atoms with Crippen molar-refractivity contribution in [1.82, 2.24) is 0 Å². The summed E-state index contributed by atoms with van der Waals surface area (Å²) in [5, 5.41) is 1.13. The minimum absolute atomic E-state index is 0.0303. The molecule has 0 bridgehead atoms. The zero-order valence-electron chi connectivity index (χ0n) is 7.13. The Morgan fingerprint density at radius 2 is 2.08 bits per heavy atom. The van der Waals surface area contributed by atoms with Crippen LogP contribution in [0.3, 0.4) is 0 Å². The normalized spacial score (nSPS) is 12.5. The van der Waals surface area contributed by atoms with Crippen LogP contribution in [0.2, 0.25) is 10.0 Å². The fourth-order valence-corrected chi connectivity index (χ4v) is 1.34. The maximum Gasteiger partial charge on any atom is 0.0595 e. The molecule has 70 valence electrons. The summed E-state index contributed by atoms with van der Waals surface area (Å²) in [5.41, 5.74) is 6.77. The molecule has 0 aliphatic heterocycles. The number of halogens is 2. The standard InChI is InChI=1S/C10H11Cl2N/c1-2-8(13)5-7-3-4-9(11)10(12)6-7/h2-4,6,8H,1,5,13H2. The molecule has 2 N–H and O–H groups in total. The predicted molar refractivity (Wildman–Crippen MR) is 58.3 cm³/mol.